The first-order chi connectivity index (χ1) is 9.61. The first kappa shape index (κ1) is 15.0. The molecule has 20 heavy (non-hydrogen) atoms. The number of nitrogens with zero attached hydrogens (tertiary/aromatic N) is 2. The van der Waals surface area contributed by atoms with Gasteiger partial charge in [0, 0.05) is 30.3 Å². The number of amides is 1. The number of aliphatic hydroxyl groups is 1. The summed E-state index contributed by atoms with van der Waals surface area (Å²) in [4.78, 5) is 16.8. The maximum Gasteiger partial charge on any atom is 0.244 e. The van der Waals surface area contributed by atoms with Crippen molar-refractivity contribution in [3.8, 4) is 0 Å². The number of carbonyl (C=O) groups excluding carboxylic acids is 1. The van der Waals surface area contributed by atoms with E-state index in [2.05, 4.69) is 10.3 Å². The predicted molar refractivity (Wildman–Crippen MR) is 81.0 cm³/mol. The van der Waals surface area contributed by atoms with E-state index in [0.29, 0.717) is 17.3 Å². The van der Waals surface area contributed by atoms with Gasteiger partial charge in [-0.05, 0) is 25.8 Å². The molecule has 2 N–H and O–H groups in total. The predicted octanol–water partition coefficient (Wildman–Crippen LogP) is 2.34. The van der Waals surface area contributed by atoms with Crippen molar-refractivity contribution in [2.24, 2.45) is 0 Å². The topological polar surface area (TPSA) is 66.6 Å². The van der Waals surface area contributed by atoms with Crippen LogP contribution in [0.15, 0.2) is 17.7 Å². The summed E-state index contributed by atoms with van der Waals surface area (Å²) in [5, 5.41) is 13.9. The van der Waals surface area contributed by atoms with Gasteiger partial charge in [0.05, 0.1) is 5.69 Å². The third-order valence-electron chi connectivity index (χ3n) is 2.83. The van der Waals surface area contributed by atoms with Crippen molar-refractivity contribution in [1.82, 2.24) is 14.7 Å². The van der Waals surface area contributed by atoms with Crippen molar-refractivity contribution in [3.63, 3.8) is 0 Å². The van der Waals surface area contributed by atoms with Gasteiger partial charge in [-0.1, -0.05) is 11.6 Å². The van der Waals surface area contributed by atoms with Crippen molar-refractivity contribution >= 4 is 39.9 Å². The van der Waals surface area contributed by atoms with E-state index < -0.39 is 0 Å². The number of nitrogens with one attached hydrogen (secondary N) is 1. The number of halogens is 1. The second-order valence-corrected chi connectivity index (χ2v) is 5.68. The Labute approximate surface area is 125 Å². The molecule has 1 amide bonds. The lowest BCUT2D eigenvalue weighted by Crippen LogP contribution is -2.31. The summed E-state index contributed by atoms with van der Waals surface area (Å²) in [5.74, 6) is -0.184. The lowest BCUT2D eigenvalue weighted by atomic mass is 10.2. The van der Waals surface area contributed by atoms with Gasteiger partial charge in [0.25, 0.3) is 0 Å². The molecule has 0 spiro atoms. The minimum atomic E-state index is -0.184. The molecule has 2 aromatic heterocycles. The Balaban J connectivity index is 2.00. The molecule has 0 aliphatic heterocycles. The lowest BCUT2D eigenvalue weighted by molar-refractivity contribution is -0.117. The average molecular weight is 314 g/mol. The highest BCUT2D eigenvalue weighted by Gasteiger charge is 2.09. The molecule has 0 radical (unpaired) electrons. The molecule has 0 saturated carbocycles. The van der Waals surface area contributed by atoms with Crippen LogP contribution in [0.4, 0.5) is 0 Å². The van der Waals surface area contributed by atoms with E-state index in [9.17, 15) is 4.79 Å². The zero-order valence-electron chi connectivity index (χ0n) is 11.0. The van der Waals surface area contributed by atoms with Gasteiger partial charge < -0.3 is 10.4 Å². The Hall–Kier alpha value is -1.37. The molecule has 2 heterocycles. The zero-order chi connectivity index (χ0) is 14.5. The Morgan fingerprint density at radius 1 is 1.70 bits per heavy atom. The standard InChI is InChI=1S/C13H16ClN3O2S/c1-9(3-2-7-18)15-11(19)5-4-10-12(14)16-13-17(10)6-8-20-13/h4-6,8-9,18H,2-3,7H2,1H3,(H,15,19)/b5-4+. The van der Waals surface area contributed by atoms with Gasteiger partial charge in [0.15, 0.2) is 10.1 Å². The molecule has 108 valence electrons. The Bertz CT molecular complexity index is 620. The molecule has 2 rings (SSSR count). The van der Waals surface area contributed by atoms with Gasteiger partial charge in [-0.25, -0.2) is 4.98 Å². The number of hydrogen-bond donors (Lipinski definition) is 2. The van der Waals surface area contributed by atoms with Crippen molar-refractivity contribution < 1.29 is 9.90 Å². The molecule has 0 aromatic carbocycles. The maximum absolute atomic E-state index is 11.8. The number of imidazole rings is 1. The van der Waals surface area contributed by atoms with E-state index in [4.69, 9.17) is 16.7 Å². The fraction of sp³-hybridized carbons (Fsp3) is 0.385. The average Bonchev–Trinajstić information content (AvgIpc) is 2.94. The molecule has 0 aliphatic carbocycles. The fourth-order valence-electron chi connectivity index (χ4n) is 1.84. The highest BCUT2D eigenvalue weighted by Crippen LogP contribution is 2.22. The second-order valence-electron chi connectivity index (χ2n) is 4.45. The van der Waals surface area contributed by atoms with E-state index >= 15 is 0 Å². The number of fused-ring (bicyclic) bond motifs is 1. The van der Waals surface area contributed by atoms with Crippen LogP contribution in [0.1, 0.15) is 25.5 Å². The summed E-state index contributed by atoms with van der Waals surface area (Å²) in [6, 6.07) is 0.0291. The Morgan fingerprint density at radius 3 is 3.25 bits per heavy atom. The highest BCUT2D eigenvalue weighted by atomic mass is 35.5. The van der Waals surface area contributed by atoms with Crippen LogP contribution in [0.25, 0.3) is 11.0 Å². The molecule has 0 fully saturated rings. The smallest absolute Gasteiger partial charge is 0.244 e. The van der Waals surface area contributed by atoms with Crippen molar-refractivity contribution in [2.75, 3.05) is 6.61 Å². The molecule has 0 aliphatic rings. The molecule has 1 atom stereocenters. The minimum Gasteiger partial charge on any atom is -0.396 e. The summed E-state index contributed by atoms with van der Waals surface area (Å²) in [6.45, 7) is 2.04. The van der Waals surface area contributed by atoms with Crippen LogP contribution in [-0.2, 0) is 4.79 Å². The molecule has 0 bridgehead atoms. The SMILES string of the molecule is CC(CCCO)NC(=O)/C=C/c1c(Cl)nc2sccn12. The van der Waals surface area contributed by atoms with Crippen LogP contribution in [-0.4, -0.2) is 33.0 Å². The summed E-state index contributed by atoms with van der Waals surface area (Å²) in [6.07, 6.45) is 6.39. The summed E-state index contributed by atoms with van der Waals surface area (Å²) < 4.78 is 1.84. The van der Waals surface area contributed by atoms with E-state index in [1.54, 1.807) is 6.08 Å². The van der Waals surface area contributed by atoms with E-state index in [1.165, 1.54) is 17.4 Å². The number of hydrogen-bond acceptors (Lipinski definition) is 4. The number of aliphatic hydroxyl groups excluding tert-OH is 1. The third-order valence-corrected chi connectivity index (χ3v) is 3.87. The Morgan fingerprint density at radius 2 is 2.50 bits per heavy atom. The molecule has 2 aromatic rings. The van der Waals surface area contributed by atoms with Crippen molar-refractivity contribution in [3.05, 3.63) is 28.5 Å². The highest BCUT2D eigenvalue weighted by molar-refractivity contribution is 7.15. The maximum atomic E-state index is 11.8. The molecule has 7 heteroatoms. The molecular formula is C13H16ClN3O2S. The second kappa shape index (κ2) is 6.88. The molecule has 0 saturated heterocycles. The molecule has 1 unspecified atom stereocenters. The Kier molecular flexibility index (Phi) is 5.17. The number of thiazole rings is 1. The van der Waals surface area contributed by atoms with Crippen LogP contribution in [0.2, 0.25) is 5.15 Å². The van der Waals surface area contributed by atoms with Gasteiger partial charge in [-0.3, -0.25) is 9.20 Å². The largest absolute Gasteiger partial charge is 0.396 e. The van der Waals surface area contributed by atoms with Crippen LogP contribution in [0.5, 0.6) is 0 Å². The summed E-state index contributed by atoms with van der Waals surface area (Å²) in [5.41, 5.74) is 0.695. The van der Waals surface area contributed by atoms with E-state index in [1.807, 2.05) is 22.9 Å². The van der Waals surface area contributed by atoms with Gasteiger partial charge in [-0.15, -0.1) is 11.3 Å². The zero-order valence-corrected chi connectivity index (χ0v) is 12.6. The first-order valence-corrected chi connectivity index (χ1v) is 7.58. The van der Waals surface area contributed by atoms with Crippen LogP contribution < -0.4 is 5.32 Å². The van der Waals surface area contributed by atoms with Crippen molar-refractivity contribution in [2.45, 2.75) is 25.8 Å². The lowest BCUT2D eigenvalue weighted by Gasteiger charge is -2.10. The van der Waals surface area contributed by atoms with Gasteiger partial charge in [-0.2, -0.15) is 0 Å². The third kappa shape index (κ3) is 3.59. The normalized spacial score (nSPS) is 13.2. The number of carbonyl (C=O) groups is 1. The minimum absolute atomic E-state index is 0.0291. The van der Waals surface area contributed by atoms with Gasteiger partial charge in [0.1, 0.15) is 0 Å². The van der Waals surface area contributed by atoms with E-state index in [-0.39, 0.29) is 18.6 Å². The van der Waals surface area contributed by atoms with Crippen LogP contribution in [0.3, 0.4) is 0 Å². The van der Waals surface area contributed by atoms with Gasteiger partial charge >= 0.3 is 0 Å². The quantitative estimate of drug-likeness (QED) is 0.804. The van der Waals surface area contributed by atoms with Crippen LogP contribution in [0, 0.1) is 0 Å². The van der Waals surface area contributed by atoms with Crippen LogP contribution >= 0.6 is 22.9 Å². The summed E-state index contributed by atoms with van der Waals surface area (Å²) in [7, 11) is 0. The number of rotatable bonds is 6. The molecular weight excluding hydrogens is 298 g/mol. The first-order valence-electron chi connectivity index (χ1n) is 6.32. The fourth-order valence-corrected chi connectivity index (χ4v) is 2.85. The summed E-state index contributed by atoms with van der Waals surface area (Å²) >= 11 is 7.52. The monoisotopic (exact) mass is 313 g/mol. The molecule has 5 nitrogen and oxygen atoms in total. The van der Waals surface area contributed by atoms with Crippen molar-refractivity contribution in [1.29, 1.82) is 0 Å². The number of aromatic nitrogens is 2. The van der Waals surface area contributed by atoms with Gasteiger partial charge in [0.2, 0.25) is 5.91 Å². The van der Waals surface area contributed by atoms with E-state index in [0.717, 1.165) is 11.4 Å².